The van der Waals surface area contributed by atoms with Crippen molar-refractivity contribution in [2.45, 2.75) is 70.2 Å². The van der Waals surface area contributed by atoms with Crippen molar-refractivity contribution in [2.24, 2.45) is 0 Å². The highest BCUT2D eigenvalue weighted by Gasteiger charge is 2.28. The fourth-order valence-corrected chi connectivity index (χ4v) is 6.13. The second kappa shape index (κ2) is 10.3. The molecule has 5 heterocycles. The molecule has 6 rings (SSSR count). The van der Waals surface area contributed by atoms with Crippen molar-refractivity contribution in [1.29, 1.82) is 0 Å². The van der Waals surface area contributed by atoms with Crippen molar-refractivity contribution >= 4 is 39.3 Å². The highest BCUT2D eigenvalue weighted by atomic mass is 32.1. The van der Waals surface area contributed by atoms with Crippen LogP contribution in [0.25, 0.3) is 11.0 Å². The zero-order valence-corrected chi connectivity index (χ0v) is 21.1. The summed E-state index contributed by atoms with van der Waals surface area (Å²) in [4.78, 5) is 12.4. The molecule has 3 aliphatic rings. The fourth-order valence-electron chi connectivity index (χ4n) is 5.47. The Morgan fingerprint density at radius 3 is 2.63 bits per heavy atom. The number of aromatic nitrogens is 5. The van der Waals surface area contributed by atoms with Crippen LogP contribution in [0, 0.1) is 6.92 Å². The fraction of sp³-hybridized carbons (Fsp3) is 0.667. The van der Waals surface area contributed by atoms with E-state index < -0.39 is 0 Å². The minimum atomic E-state index is -0.0774. The van der Waals surface area contributed by atoms with Gasteiger partial charge in [-0.2, -0.15) is 19.4 Å². The molecule has 1 unspecified atom stereocenters. The lowest BCUT2D eigenvalue weighted by atomic mass is 9.90. The van der Waals surface area contributed by atoms with Gasteiger partial charge in [0.1, 0.15) is 10.8 Å². The Bertz CT molecular complexity index is 1130. The van der Waals surface area contributed by atoms with Crippen LogP contribution in [0.5, 0.6) is 0 Å². The van der Waals surface area contributed by atoms with Crippen LogP contribution in [0.4, 0.5) is 16.8 Å². The largest absolute Gasteiger partial charge is 0.379 e. The molecule has 0 aromatic carbocycles. The highest BCUT2D eigenvalue weighted by Crippen LogP contribution is 2.32. The molecule has 1 saturated carbocycles. The zero-order chi connectivity index (χ0) is 23.6. The van der Waals surface area contributed by atoms with E-state index in [1.54, 1.807) is 0 Å². The first-order chi connectivity index (χ1) is 17.2. The summed E-state index contributed by atoms with van der Waals surface area (Å²) in [6.07, 6.45) is 9.66. The molecule has 188 valence electrons. The third-order valence-electron chi connectivity index (χ3n) is 7.34. The van der Waals surface area contributed by atoms with Gasteiger partial charge < -0.3 is 20.1 Å². The number of morpholine rings is 1. The van der Waals surface area contributed by atoms with Crippen molar-refractivity contribution < 1.29 is 9.47 Å². The molecule has 2 N–H and O–H groups in total. The molecule has 10 nitrogen and oxygen atoms in total. The van der Waals surface area contributed by atoms with Crippen LogP contribution in [0.3, 0.4) is 0 Å². The van der Waals surface area contributed by atoms with Crippen LogP contribution >= 0.6 is 11.5 Å². The van der Waals surface area contributed by atoms with Crippen LogP contribution < -0.4 is 10.6 Å². The molecular formula is C24H34N8O2S. The van der Waals surface area contributed by atoms with Crippen molar-refractivity contribution in [2.75, 3.05) is 43.5 Å². The van der Waals surface area contributed by atoms with Crippen molar-refractivity contribution in [3.05, 3.63) is 18.0 Å². The topological polar surface area (TPSA) is 102 Å². The Hall–Kier alpha value is -2.34. The molecular weight excluding hydrogens is 464 g/mol. The van der Waals surface area contributed by atoms with Crippen molar-refractivity contribution in [3.8, 4) is 0 Å². The summed E-state index contributed by atoms with van der Waals surface area (Å²) in [5.41, 5.74) is 1.79. The molecule has 3 fully saturated rings. The summed E-state index contributed by atoms with van der Waals surface area (Å²) in [7, 11) is 0. The number of nitrogens with one attached hydrogen (secondary N) is 2. The summed E-state index contributed by atoms with van der Waals surface area (Å²) < 4.78 is 17.9. The monoisotopic (exact) mass is 498 g/mol. The highest BCUT2D eigenvalue weighted by molar-refractivity contribution is 7.10. The predicted octanol–water partition coefficient (Wildman–Crippen LogP) is 4.09. The van der Waals surface area contributed by atoms with E-state index in [4.69, 9.17) is 24.5 Å². The number of fused-ring (bicyclic) bond motifs is 1. The molecule has 3 aromatic rings. The summed E-state index contributed by atoms with van der Waals surface area (Å²) in [6.45, 7) is 6.59. The van der Waals surface area contributed by atoms with Gasteiger partial charge in [0.2, 0.25) is 5.95 Å². The maximum atomic E-state index is 6.03. The first-order valence-corrected chi connectivity index (χ1v) is 13.7. The van der Waals surface area contributed by atoms with Gasteiger partial charge in [0.15, 0.2) is 11.9 Å². The predicted molar refractivity (Wildman–Crippen MR) is 136 cm³/mol. The van der Waals surface area contributed by atoms with Crippen LogP contribution in [0.1, 0.15) is 56.9 Å². The van der Waals surface area contributed by atoms with Gasteiger partial charge in [-0.05, 0) is 69.5 Å². The van der Waals surface area contributed by atoms with Crippen molar-refractivity contribution in [3.63, 3.8) is 0 Å². The number of aryl methyl sites for hydroxylation is 1. The lowest BCUT2D eigenvalue weighted by Gasteiger charge is -2.39. The zero-order valence-electron chi connectivity index (χ0n) is 20.3. The van der Waals surface area contributed by atoms with E-state index in [9.17, 15) is 0 Å². The standard InChI is InChI=1S/C24H34N8O2S/c1-16-14-20(35-30-16)27-24-28-22(19-15-25-32(23(19)29-24)21-4-2-3-11-34-21)26-17-5-7-18(8-6-17)31-9-12-33-13-10-31/h14-15,17-18,21H,2-13H2,1H3,(H2,26,27,28,29). The van der Waals surface area contributed by atoms with Crippen LogP contribution in [0.15, 0.2) is 12.3 Å². The minimum Gasteiger partial charge on any atom is -0.379 e. The van der Waals surface area contributed by atoms with Gasteiger partial charge in [0.25, 0.3) is 0 Å². The van der Waals surface area contributed by atoms with E-state index in [-0.39, 0.29) is 6.23 Å². The van der Waals surface area contributed by atoms with Crippen LogP contribution in [-0.4, -0.2) is 74.0 Å². The second-order valence-electron chi connectivity index (χ2n) is 9.80. The molecule has 11 heteroatoms. The third kappa shape index (κ3) is 5.13. The Labute approximate surface area is 209 Å². The number of rotatable bonds is 6. The van der Waals surface area contributed by atoms with E-state index in [0.717, 1.165) is 92.6 Å². The molecule has 3 aromatic heterocycles. The second-order valence-corrected chi connectivity index (χ2v) is 10.6. The summed E-state index contributed by atoms with van der Waals surface area (Å²) in [5, 5.41) is 13.7. The molecule has 2 saturated heterocycles. The van der Waals surface area contributed by atoms with Gasteiger partial charge in [0, 0.05) is 31.8 Å². The molecule has 35 heavy (non-hydrogen) atoms. The maximum Gasteiger partial charge on any atom is 0.231 e. The molecule has 0 amide bonds. The average molecular weight is 499 g/mol. The Kier molecular flexibility index (Phi) is 6.82. The third-order valence-corrected chi connectivity index (χ3v) is 8.14. The van der Waals surface area contributed by atoms with Gasteiger partial charge >= 0.3 is 0 Å². The number of hydrogen-bond donors (Lipinski definition) is 2. The minimum absolute atomic E-state index is 0.0774. The first kappa shape index (κ1) is 23.1. The van der Waals surface area contributed by atoms with Gasteiger partial charge in [-0.25, -0.2) is 4.68 Å². The van der Waals surface area contributed by atoms with E-state index in [1.165, 1.54) is 24.4 Å². The van der Waals surface area contributed by atoms with Gasteiger partial charge in [-0.15, -0.1) is 0 Å². The van der Waals surface area contributed by atoms with Crippen LogP contribution in [-0.2, 0) is 9.47 Å². The molecule has 1 atom stereocenters. The Balaban J connectivity index is 1.24. The molecule has 1 aliphatic carbocycles. The molecule has 0 radical (unpaired) electrons. The average Bonchev–Trinajstić information content (AvgIpc) is 3.51. The first-order valence-electron chi connectivity index (χ1n) is 12.9. The maximum absolute atomic E-state index is 6.03. The normalized spacial score (nSPS) is 26.1. The Morgan fingerprint density at radius 1 is 1.03 bits per heavy atom. The number of hydrogen-bond acceptors (Lipinski definition) is 10. The van der Waals surface area contributed by atoms with Gasteiger partial charge in [-0.1, -0.05) is 0 Å². The van der Waals surface area contributed by atoms with Gasteiger partial charge in [0.05, 0.1) is 30.5 Å². The summed E-state index contributed by atoms with van der Waals surface area (Å²) >= 11 is 1.42. The molecule has 2 aliphatic heterocycles. The summed E-state index contributed by atoms with van der Waals surface area (Å²) in [6, 6.07) is 3.07. The molecule has 0 bridgehead atoms. The summed E-state index contributed by atoms with van der Waals surface area (Å²) in [5.74, 6) is 1.40. The van der Waals surface area contributed by atoms with Crippen molar-refractivity contribution in [1.82, 2.24) is 29.0 Å². The SMILES string of the molecule is Cc1cc(Nc2nc(NC3CCC(N4CCOCC4)CC3)c3cnn(C4CCCCO4)c3n2)sn1. The van der Waals surface area contributed by atoms with Crippen LogP contribution in [0.2, 0.25) is 0 Å². The quantitative estimate of drug-likeness (QED) is 0.520. The van der Waals surface area contributed by atoms with E-state index in [2.05, 4.69) is 19.9 Å². The smallest absolute Gasteiger partial charge is 0.231 e. The molecule has 0 spiro atoms. The lowest BCUT2D eigenvalue weighted by molar-refractivity contribution is -0.0370. The number of anilines is 3. The van der Waals surface area contributed by atoms with E-state index in [0.29, 0.717) is 18.0 Å². The Morgan fingerprint density at radius 2 is 1.89 bits per heavy atom. The lowest BCUT2D eigenvalue weighted by Crippen LogP contribution is -2.46. The van der Waals surface area contributed by atoms with E-state index in [1.807, 2.05) is 23.9 Å². The number of ether oxygens (including phenoxy) is 2. The van der Waals surface area contributed by atoms with E-state index >= 15 is 0 Å². The number of nitrogens with zero attached hydrogens (tertiary/aromatic N) is 6. The van der Waals surface area contributed by atoms with Gasteiger partial charge in [-0.3, -0.25) is 4.90 Å².